The second kappa shape index (κ2) is 7.38. The van der Waals surface area contributed by atoms with Crippen LogP contribution in [0.5, 0.6) is 5.75 Å². The Kier molecular flexibility index (Phi) is 5.03. The molecule has 3 rings (SSSR count). The number of carbonyl (C=O) groups is 1. The number of hydrogen-bond donors (Lipinski definition) is 0. The van der Waals surface area contributed by atoms with Gasteiger partial charge in [0.15, 0.2) is 6.61 Å². The first-order valence-electron chi connectivity index (χ1n) is 8.06. The van der Waals surface area contributed by atoms with Crippen LogP contribution < -0.4 is 4.74 Å². The second-order valence-electron chi connectivity index (χ2n) is 6.01. The lowest BCUT2D eigenvalue weighted by Crippen LogP contribution is -2.41. The third-order valence-corrected chi connectivity index (χ3v) is 4.14. The number of benzene rings is 1. The molecule has 1 unspecified atom stereocenters. The molecule has 1 aromatic carbocycles. The van der Waals surface area contributed by atoms with E-state index in [0.717, 1.165) is 30.8 Å². The molecule has 1 aromatic heterocycles. The van der Waals surface area contributed by atoms with Crippen molar-refractivity contribution in [2.45, 2.75) is 25.7 Å². The van der Waals surface area contributed by atoms with Crippen LogP contribution in [-0.4, -0.2) is 40.5 Å². The third kappa shape index (κ3) is 4.07. The fraction of sp³-hybridized carbons (Fsp3) is 0.389. The number of rotatable bonds is 4. The zero-order valence-electron chi connectivity index (χ0n) is 13.6. The van der Waals surface area contributed by atoms with Crippen molar-refractivity contribution in [3.8, 4) is 5.75 Å². The molecule has 0 radical (unpaired) electrons. The van der Waals surface area contributed by atoms with Gasteiger partial charge in [-0.1, -0.05) is 0 Å². The van der Waals surface area contributed by atoms with Crippen LogP contribution in [0.2, 0.25) is 0 Å². The van der Waals surface area contributed by atoms with E-state index in [0.29, 0.717) is 12.3 Å². The Morgan fingerprint density at radius 1 is 1.33 bits per heavy atom. The van der Waals surface area contributed by atoms with Crippen molar-refractivity contribution in [3.05, 3.63) is 53.9 Å². The van der Waals surface area contributed by atoms with Gasteiger partial charge in [-0.15, -0.1) is 0 Å². The Balaban J connectivity index is 1.57. The van der Waals surface area contributed by atoms with E-state index in [1.807, 2.05) is 11.8 Å². The average molecular weight is 329 g/mol. The second-order valence-corrected chi connectivity index (χ2v) is 6.01. The predicted molar refractivity (Wildman–Crippen MR) is 87.2 cm³/mol. The molecule has 1 aliphatic rings. The SMILES string of the molecule is Cc1cncc(C2CCCN(C(=O)COc3ccc(F)cc3)C2)n1. The molecule has 5 nitrogen and oxygen atoms in total. The number of aromatic nitrogens is 2. The van der Waals surface area contributed by atoms with Gasteiger partial charge >= 0.3 is 0 Å². The predicted octanol–water partition coefficient (Wildman–Crippen LogP) is 2.71. The minimum atomic E-state index is -0.327. The molecule has 0 spiro atoms. The van der Waals surface area contributed by atoms with Crippen LogP contribution in [0.4, 0.5) is 4.39 Å². The molecule has 6 heteroatoms. The molecule has 1 amide bonds. The Morgan fingerprint density at radius 2 is 2.12 bits per heavy atom. The van der Waals surface area contributed by atoms with Crippen molar-refractivity contribution in [2.75, 3.05) is 19.7 Å². The lowest BCUT2D eigenvalue weighted by molar-refractivity contribution is -0.134. The maximum absolute atomic E-state index is 12.9. The zero-order valence-corrected chi connectivity index (χ0v) is 13.6. The van der Waals surface area contributed by atoms with Gasteiger partial charge in [0.25, 0.3) is 5.91 Å². The molecule has 0 bridgehead atoms. The first-order chi connectivity index (χ1) is 11.6. The summed E-state index contributed by atoms with van der Waals surface area (Å²) >= 11 is 0. The fourth-order valence-corrected chi connectivity index (χ4v) is 2.89. The normalized spacial score (nSPS) is 17.6. The van der Waals surface area contributed by atoms with Gasteiger partial charge in [0.2, 0.25) is 0 Å². The van der Waals surface area contributed by atoms with E-state index in [1.165, 1.54) is 24.3 Å². The number of piperidine rings is 1. The minimum absolute atomic E-state index is 0.0438. The molecular weight excluding hydrogens is 309 g/mol. The van der Waals surface area contributed by atoms with E-state index < -0.39 is 0 Å². The number of amides is 1. The largest absolute Gasteiger partial charge is 0.484 e. The van der Waals surface area contributed by atoms with E-state index in [9.17, 15) is 9.18 Å². The van der Waals surface area contributed by atoms with Crippen molar-refractivity contribution < 1.29 is 13.9 Å². The van der Waals surface area contributed by atoms with E-state index in [1.54, 1.807) is 12.4 Å². The Bertz CT molecular complexity index is 706. The third-order valence-electron chi connectivity index (χ3n) is 4.14. The number of hydrogen-bond acceptors (Lipinski definition) is 4. The van der Waals surface area contributed by atoms with Gasteiger partial charge in [-0.3, -0.25) is 14.8 Å². The smallest absolute Gasteiger partial charge is 0.260 e. The van der Waals surface area contributed by atoms with Crippen LogP contribution in [0, 0.1) is 12.7 Å². The summed E-state index contributed by atoms with van der Waals surface area (Å²) in [4.78, 5) is 22.9. The van der Waals surface area contributed by atoms with Crippen LogP contribution in [0.1, 0.15) is 30.1 Å². The molecule has 1 atom stereocenters. The number of carbonyl (C=O) groups excluding carboxylic acids is 1. The molecule has 126 valence electrons. The summed E-state index contributed by atoms with van der Waals surface area (Å²) in [6.07, 6.45) is 5.44. The summed E-state index contributed by atoms with van der Waals surface area (Å²) < 4.78 is 18.3. The van der Waals surface area contributed by atoms with Gasteiger partial charge in [-0.05, 0) is 44.0 Å². The highest BCUT2D eigenvalue weighted by Crippen LogP contribution is 2.25. The van der Waals surface area contributed by atoms with E-state index in [2.05, 4.69) is 9.97 Å². The number of likely N-dealkylation sites (tertiary alicyclic amines) is 1. The number of halogens is 1. The van der Waals surface area contributed by atoms with Crippen molar-refractivity contribution in [1.29, 1.82) is 0 Å². The number of nitrogens with zero attached hydrogens (tertiary/aromatic N) is 3. The highest BCUT2D eigenvalue weighted by molar-refractivity contribution is 5.78. The standard InChI is InChI=1S/C18H20FN3O2/c1-13-9-20-10-17(21-13)14-3-2-8-22(11-14)18(23)12-24-16-6-4-15(19)5-7-16/h4-7,9-10,14H,2-3,8,11-12H2,1H3. The molecular formula is C18H20FN3O2. The Hall–Kier alpha value is -2.50. The van der Waals surface area contributed by atoms with Crippen LogP contribution in [0.15, 0.2) is 36.7 Å². The van der Waals surface area contributed by atoms with E-state index >= 15 is 0 Å². The van der Waals surface area contributed by atoms with Gasteiger partial charge in [0.05, 0.1) is 11.4 Å². The van der Waals surface area contributed by atoms with Crippen LogP contribution >= 0.6 is 0 Å². The lowest BCUT2D eigenvalue weighted by Gasteiger charge is -2.32. The summed E-state index contributed by atoms with van der Waals surface area (Å²) in [7, 11) is 0. The Morgan fingerprint density at radius 3 is 2.88 bits per heavy atom. The molecule has 0 aliphatic carbocycles. The van der Waals surface area contributed by atoms with Crippen molar-refractivity contribution >= 4 is 5.91 Å². The van der Waals surface area contributed by atoms with E-state index in [-0.39, 0.29) is 24.2 Å². The van der Waals surface area contributed by atoms with Crippen LogP contribution in [0.25, 0.3) is 0 Å². The maximum Gasteiger partial charge on any atom is 0.260 e. The summed E-state index contributed by atoms with van der Waals surface area (Å²) in [5, 5.41) is 0. The van der Waals surface area contributed by atoms with Crippen molar-refractivity contribution in [3.63, 3.8) is 0 Å². The average Bonchev–Trinajstić information content (AvgIpc) is 2.61. The van der Waals surface area contributed by atoms with Crippen molar-refractivity contribution in [1.82, 2.24) is 14.9 Å². The van der Waals surface area contributed by atoms with Crippen LogP contribution in [-0.2, 0) is 4.79 Å². The summed E-state index contributed by atoms with van der Waals surface area (Å²) in [5.41, 5.74) is 1.82. The maximum atomic E-state index is 12.9. The molecule has 0 saturated carbocycles. The summed E-state index contributed by atoms with van der Waals surface area (Å²) in [6, 6.07) is 5.66. The molecule has 2 heterocycles. The van der Waals surface area contributed by atoms with Crippen molar-refractivity contribution in [2.24, 2.45) is 0 Å². The fourth-order valence-electron chi connectivity index (χ4n) is 2.89. The Labute approximate surface area is 140 Å². The molecule has 0 N–H and O–H groups in total. The first-order valence-corrected chi connectivity index (χ1v) is 8.06. The summed E-state index contributed by atoms with van der Waals surface area (Å²) in [5.74, 6) is 0.306. The minimum Gasteiger partial charge on any atom is -0.484 e. The topological polar surface area (TPSA) is 55.3 Å². The molecule has 1 aliphatic heterocycles. The lowest BCUT2D eigenvalue weighted by atomic mass is 9.95. The molecule has 1 saturated heterocycles. The quantitative estimate of drug-likeness (QED) is 0.865. The van der Waals surface area contributed by atoms with Gasteiger partial charge in [-0.2, -0.15) is 0 Å². The molecule has 1 fully saturated rings. The number of ether oxygens (including phenoxy) is 1. The molecule has 24 heavy (non-hydrogen) atoms. The highest BCUT2D eigenvalue weighted by atomic mass is 19.1. The van der Waals surface area contributed by atoms with Gasteiger partial charge in [0.1, 0.15) is 11.6 Å². The summed E-state index contributed by atoms with van der Waals surface area (Å²) in [6.45, 7) is 3.22. The number of aryl methyl sites for hydroxylation is 1. The highest BCUT2D eigenvalue weighted by Gasteiger charge is 2.26. The first kappa shape index (κ1) is 16.4. The molecule has 2 aromatic rings. The zero-order chi connectivity index (χ0) is 16.9. The van der Waals surface area contributed by atoms with E-state index in [4.69, 9.17) is 4.74 Å². The van der Waals surface area contributed by atoms with Gasteiger partial charge in [0, 0.05) is 31.4 Å². The van der Waals surface area contributed by atoms with Crippen LogP contribution in [0.3, 0.4) is 0 Å². The monoisotopic (exact) mass is 329 g/mol. The van der Waals surface area contributed by atoms with Gasteiger partial charge in [-0.25, -0.2) is 4.39 Å². The van der Waals surface area contributed by atoms with Gasteiger partial charge < -0.3 is 9.64 Å².